The van der Waals surface area contributed by atoms with E-state index >= 15 is 0 Å². The van der Waals surface area contributed by atoms with Gasteiger partial charge in [0.25, 0.3) is 0 Å². The lowest BCUT2D eigenvalue weighted by Crippen LogP contribution is -2.14. The topological polar surface area (TPSA) is 3.24 Å². The molecule has 0 N–H and O–H groups in total. The maximum atomic E-state index is 3.15. The second-order valence-corrected chi connectivity index (χ2v) is 2.73. The van der Waals surface area contributed by atoms with E-state index in [1.807, 2.05) is 11.9 Å². The molecule has 1 heterocycles. The molecule has 1 heteroatoms. The van der Waals surface area contributed by atoms with Gasteiger partial charge in [0, 0.05) is 12.5 Å². The van der Waals surface area contributed by atoms with Crippen LogP contribution in [0.1, 0.15) is 5.56 Å². The Morgan fingerprint density at radius 1 is 1.36 bits per heavy atom. The first-order valence-corrected chi connectivity index (χ1v) is 3.77. The minimum atomic E-state index is 1.01. The summed E-state index contributed by atoms with van der Waals surface area (Å²) in [5.41, 5.74) is 2.66. The van der Waals surface area contributed by atoms with E-state index in [0.29, 0.717) is 0 Å². The Bertz CT molecular complexity index is 289. The second-order valence-electron chi connectivity index (χ2n) is 2.73. The van der Waals surface area contributed by atoms with Crippen molar-refractivity contribution in [2.75, 3.05) is 11.9 Å². The van der Waals surface area contributed by atoms with Gasteiger partial charge >= 0.3 is 0 Å². The Kier molecular flexibility index (Phi) is 1.38. The van der Waals surface area contributed by atoms with Gasteiger partial charge in [0.1, 0.15) is 0 Å². The van der Waals surface area contributed by atoms with E-state index in [1.165, 1.54) is 11.3 Å². The summed E-state index contributed by atoms with van der Waals surface area (Å²) >= 11 is 0. The smallest absolute Gasteiger partial charge is 0.151 e. The minimum Gasteiger partial charge on any atom is -0.151 e. The van der Waals surface area contributed by atoms with Crippen molar-refractivity contribution in [2.45, 2.75) is 6.42 Å². The molecule has 54 valence electrons. The van der Waals surface area contributed by atoms with Crippen LogP contribution in [0.2, 0.25) is 0 Å². The molecule has 1 aliphatic rings. The number of hydrogen-bond acceptors (Lipinski definition) is 1. The van der Waals surface area contributed by atoms with Crippen LogP contribution in [-0.2, 0) is 6.42 Å². The number of fused-ring (bicyclic) bond motifs is 1. The number of nitrogens with zero attached hydrogens (tertiary/aromatic N) is 1. The molecule has 0 amide bonds. The molecule has 1 aromatic rings. The van der Waals surface area contributed by atoms with Gasteiger partial charge in [-0.1, -0.05) is 6.07 Å². The Morgan fingerprint density at radius 3 is 3.00 bits per heavy atom. The first kappa shape index (κ1) is 6.38. The van der Waals surface area contributed by atoms with Crippen molar-refractivity contribution in [1.29, 1.82) is 0 Å². The second kappa shape index (κ2) is 2.37. The lowest BCUT2D eigenvalue weighted by atomic mass is 10.1. The summed E-state index contributed by atoms with van der Waals surface area (Å²) in [5, 5.41) is 0. The zero-order chi connectivity index (χ0) is 7.68. The highest BCUT2D eigenvalue weighted by Gasteiger charge is 2.18. The van der Waals surface area contributed by atoms with Crippen molar-refractivity contribution < 1.29 is 0 Å². The highest BCUT2D eigenvalue weighted by molar-refractivity contribution is 5.56. The van der Waals surface area contributed by atoms with Crippen molar-refractivity contribution in [3.05, 3.63) is 42.1 Å². The van der Waals surface area contributed by atoms with E-state index in [-0.39, 0.29) is 0 Å². The Hall–Kier alpha value is -1.33. The highest BCUT2D eigenvalue weighted by Crippen LogP contribution is 2.22. The Morgan fingerprint density at radius 2 is 2.18 bits per heavy atom. The number of allylic oxidation sites excluding steroid dienone is 1. The summed E-state index contributed by atoms with van der Waals surface area (Å²) in [6.07, 6.45) is 6.22. The number of benzene rings is 1. The van der Waals surface area contributed by atoms with Gasteiger partial charge in [-0.05, 0) is 12.1 Å². The molecule has 1 aliphatic heterocycles. The van der Waals surface area contributed by atoms with Gasteiger partial charge in [-0.3, -0.25) is 0 Å². The zero-order valence-corrected chi connectivity index (χ0v) is 6.54. The van der Waals surface area contributed by atoms with Crippen molar-refractivity contribution in [3.8, 4) is 0 Å². The first-order chi connectivity index (χ1) is 5.38. The van der Waals surface area contributed by atoms with Gasteiger partial charge in [0.2, 0.25) is 0 Å². The molecule has 0 fully saturated rings. The zero-order valence-electron chi connectivity index (χ0n) is 6.54. The van der Waals surface area contributed by atoms with Gasteiger partial charge < -0.3 is 0 Å². The maximum Gasteiger partial charge on any atom is 0.187 e. The van der Waals surface area contributed by atoms with E-state index in [9.17, 15) is 0 Å². The van der Waals surface area contributed by atoms with Crippen LogP contribution in [0.4, 0.5) is 5.69 Å². The van der Waals surface area contributed by atoms with Crippen LogP contribution in [0.3, 0.4) is 0 Å². The van der Waals surface area contributed by atoms with Crippen LogP contribution in [0, 0.1) is 6.20 Å². The summed E-state index contributed by atoms with van der Waals surface area (Å²) < 4.78 is 0. The van der Waals surface area contributed by atoms with Gasteiger partial charge in [0.05, 0.1) is 18.7 Å². The number of rotatable bonds is 0. The van der Waals surface area contributed by atoms with Crippen molar-refractivity contribution in [2.24, 2.45) is 0 Å². The van der Waals surface area contributed by atoms with Gasteiger partial charge in [-0.15, -0.1) is 0 Å². The van der Waals surface area contributed by atoms with Crippen molar-refractivity contribution in [3.63, 3.8) is 0 Å². The molecular formula is C10H10N+. The number of anilines is 1. The van der Waals surface area contributed by atoms with Crippen molar-refractivity contribution in [1.82, 2.24) is 0 Å². The molecule has 0 saturated carbocycles. The normalized spacial score (nSPS) is 14.1. The fourth-order valence-corrected chi connectivity index (χ4v) is 1.37. The Labute approximate surface area is 67.0 Å². The summed E-state index contributed by atoms with van der Waals surface area (Å²) in [4.78, 5) is 2.03. The van der Waals surface area contributed by atoms with E-state index in [2.05, 4.69) is 36.5 Å². The van der Waals surface area contributed by atoms with Crippen LogP contribution < -0.4 is 4.90 Å². The lowest BCUT2D eigenvalue weighted by Gasteiger charge is -2.08. The van der Waals surface area contributed by atoms with E-state index in [0.717, 1.165) is 6.42 Å². The molecule has 0 bridgehead atoms. The van der Waals surface area contributed by atoms with Crippen LogP contribution in [0.15, 0.2) is 30.3 Å². The SMILES string of the molecule is CN1[C+]=CCc2ccccc21. The monoisotopic (exact) mass is 144 g/mol. The molecule has 0 spiro atoms. The standard InChI is InChI=1S/C10H10N/c1-11-8-4-6-9-5-2-3-7-10(9)11/h2-5,7H,6H2,1H3/q+1. The average molecular weight is 144 g/mol. The van der Waals surface area contributed by atoms with Crippen LogP contribution in [-0.4, -0.2) is 7.05 Å². The Balaban J connectivity index is 2.50. The van der Waals surface area contributed by atoms with Crippen LogP contribution in [0.5, 0.6) is 0 Å². The first-order valence-electron chi connectivity index (χ1n) is 3.77. The highest BCUT2D eigenvalue weighted by atomic mass is 15.1. The fourth-order valence-electron chi connectivity index (χ4n) is 1.37. The summed E-state index contributed by atoms with van der Waals surface area (Å²) in [5.74, 6) is 0. The number of para-hydroxylation sites is 1. The lowest BCUT2D eigenvalue weighted by molar-refractivity contribution is 1.06. The molecule has 1 aromatic carbocycles. The fraction of sp³-hybridized carbons (Fsp3) is 0.200. The largest absolute Gasteiger partial charge is 0.187 e. The molecule has 0 atom stereocenters. The quantitative estimate of drug-likeness (QED) is 0.503. The van der Waals surface area contributed by atoms with E-state index < -0.39 is 0 Å². The minimum absolute atomic E-state index is 1.01. The molecule has 0 unspecified atom stereocenters. The predicted molar refractivity (Wildman–Crippen MR) is 46.4 cm³/mol. The summed E-state index contributed by atoms with van der Waals surface area (Å²) in [6, 6.07) is 8.41. The third kappa shape index (κ3) is 0.997. The molecule has 0 aliphatic carbocycles. The summed E-state index contributed by atoms with van der Waals surface area (Å²) in [7, 11) is 2.02. The molecular weight excluding hydrogens is 134 g/mol. The molecule has 0 aromatic heterocycles. The van der Waals surface area contributed by atoms with E-state index in [4.69, 9.17) is 0 Å². The van der Waals surface area contributed by atoms with Gasteiger partial charge in [0.15, 0.2) is 11.9 Å². The average Bonchev–Trinajstić information content (AvgIpc) is 2.06. The molecule has 11 heavy (non-hydrogen) atoms. The molecule has 1 nitrogen and oxygen atoms in total. The van der Waals surface area contributed by atoms with Crippen LogP contribution in [0.25, 0.3) is 0 Å². The summed E-state index contributed by atoms with van der Waals surface area (Å²) in [6.45, 7) is 0. The molecule has 0 radical (unpaired) electrons. The maximum absolute atomic E-state index is 3.15. The molecule has 2 rings (SSSR count). The molecule has 0 saturated heterocycles. The predicted octanol–water partition coefficient (Wildman–Crippen LogP) is 2.00. The van der Waals surface area contributed by atoms with Gasteiger partial charge in [-0.25, -0.2) is 0 Å². The van der Waals surface area contributed by atoms with Gasteiger partial charge in [-0.2, -0.15) is 4.90 Å². The van der Waals surface area contributed by atoms with Crippen molar-refractivity contribution >= 4 is 5.69 Å². The van der Waals surface area contributed by atoms with Crippen LogP contribution >= 0.6 is 0 Å². The third-order valence-electron chi connectivity index (χ3n) is 1.96. The third-order valence-corrected chi connectivity index (χ3v) is 1.96. The number of hydrogen-bond donors (Lipinski definition) is 0. The van der Waals surface area contributed by atoms with E-state index in [1.54, 1.807) is 0 Å².